The number of anilines is 2. The van der Waals surface area contributed by atoms with E-state index in [-0.39, 0.29) is 12.6 Å². The molecule has 1 aromatic rings. The highest BCUT2D eigenvalue weighted by atomic mass is 16.3. The van der Waals surface area contributed by atoms with Gasteiger partial charge in [-0.1, -0.05) is 6.92 Å². The second kappa shape index (κ2) is 6.70. The molecule has 1 atom stereocenters. The summed E-state index contributed by atoms with van der Waals surface area (Å²) >= 11 is 0. The van der Waals surface area contributed by atoms with Gasteiger partial charge < -0.3 is 14.9 Å². The predicted octanol–water partition coefficient (Wildman–Crippen LogP) is 1.67. The van der Waals surface area contributed by atoms with Gasteiger partial charge in [0.2, 0.25) is 0 Å². The fourth-order valence-electron chi connectivity index (χ4n) is 2.64. The molecule has 0 amide bonds. The first-order valence-corrected chi connectivity index (χ1v) is 7.17. The van der Waals surface area contributed by atoms with Crippen molar-refractivity contribution in [2.45, 2.75) is 38.6 Å². The van der Waals surface area contributed by atoms with Crippen molar-refractivity contribution in [2.24, 2.45) is 0 Å². The minimum absolute atomic E-state index is 0.199. The Kier molecular flexibility index (Phi) is 4.96. The summed E-state index contributed by atoms with van der Waals surface area (Å²) in [5, 5.41) is 9.49. The lowest BCUT2D eigenvalue weighted by Gasteiger charge is -2.35. The first kappa shape index (κ1) is 14.1. The first-order chi connectivity index (χ1) is 9.26. The van der Waals surface area contributed by atoms with Crippen molar-refractivity contribution in [1.29, 1.82) is 0 Å². The highest BCUT2D eigenvalue weighted by Crippen LogP contribution is 2.24. The maximum Gasteiger partial charge on any atom is 0.134 e. The van der Waals surface area contributed by atoms with Gasteiger partial charge in [0.25, 0.3) is 0 Å². The summed E-state index contributed by atoms with van der Waals surface area (Å²) in [6.45, 7) is 4.31. The molecule has 0 aromatic carbocycles. The molecule has 0 bridgehead atoms. The predicted molar refractivity (Wildman–Crippen MR) is 77.7 cm³/mol. The molecule has 0 spiro atoms. The number of aromatic nitrogens is 2. The molecule has 106 valence electrons. The molecule has 1 unspecified atom stereocenters. The SMILES string of the molecule is CCCN(C)c1cc(N2CCCCC2CO)ncn1. The number of piperidine rings is 1. The van der Waals surface area contributed by atoms with E-state index in [1.54, 1.807) is 6.33 Å². The monoisotopic (exact) mass is 264 g/mol. The lowest BCUT2D eigenvalue weighted by molar-refractivity contribution is 0.239. The average Bonchev–Trinajstić information content (AvgIpc) is 2.47. The van der Waals surface area contributed by atoms with Gasteiger partial charge in [-0.2, -0.15) is 0 Å². The van der Waals surface area contributed by atoms with Crippen molar-refractivity contribution in [2.75, 3.05) is 36.5 Å². The zero-order chi connectivity index (χ0) is 13.7. The van der Waals surface area contributed by atoms with Gasteiger partial charge >= 0.3 is 0 Å². The summed E-state index contributed by atoms with van der Waals surface area (Å²) in [4.78, 5) is 13.1. The third-order valence-electron chi connectivity index (χ3n) is 3.72. The van der Waals surface area contributed by atoms with Crippen LogP contribution < -0.4 is 9.80 Å². The van der Waals surface area contributed by atoms with Gasteiger partial charge in [-0.3, -0.25) is 0 Å². The molecule has 0 saturated carbocycles. The summed E-state index contributed by atoms with van der Waals surface area (Å²) < 4.78 is 0. The van der Waals surface area contributed by atoms with Gasteiger partial charge in [-0.15, -0.1) is 0 Å². The maximum absolute atomic E-state index is 9.49. The van der Waals surface area contributed by atoms with Crippen LogP contribution in [-0.4, -0.2) is 47.9 Å². The smallest absolute Gasteiger partial charge is 0.134 e. The van der Waals surface area contributed by atoms with Gasteiger partial charge in [0, 0.05) is 26.2 Å². The highest BCUT2D eigenvalue weighted by Gasteiger charge is 2.23. The molecule has 1 aliphatic heterocycles. The van der Waals surface area contributed by atoms with E-state index in [0.717, 1.165) is 37.6 Å². The fraction of sp³-hybridized carbons (Fsp3) is 0.714. The zero-order valence-electron chi connectivity index (χ0n) is 11.9. The molecule has 1 aliphatic rings. The Morgan fingerprint density at radius 2 is 2.26 bits per heavy atom. The Balaban J connectivity index is 2.17. The summed E-state index contributed by atoms with van der Waals surface area (Å²) in [5.41, 5.74) is 0. The van der Waals surface area contributed by atoms with Crippen LogP contribution in [0.25, 0.3) is 0 Å². The van der Waals surface area contributed by atoms with Crippen LogP contribution in [0.4, 0.5) is 11.6 Å². The van der Waals surface area contributed by atoms with E-state index in [2.05, 4.69) is 33.7 Å². The topological polar surface area (TPSA) is 52.5 Å². The standard InChI is InChI=1S/C14H24N4O/c1-3-7-17(2)13-9-14(16-11-15-13)18-8-5-4-6-12(18)10-19/h9,11-12,19H,3-8,10H2,1-2H3. The third kappa shape index (κ3) is 3.35. The number of hydrogen-bond donors (Lipinski definition) is 1. The van der Waals surface area contributed by atoms with Crippen LogP contribution in [0.15, 0.2) is 12.4 Å². The second-order valence-corrected chi connectivity index (χ2v) is 5.18. The van der Waals surface area contributed by atoms with E-state index in [4.69, 9.17) is 0 Å². The molecule has 1 saturated heterocycles. The molecule has 5 heteroatoms. The summed E-state index contributed by atoms with van der Waals surface area (Å²) in [6.07, 6.45) is 6.12. The normalized spacial score (nSPS) is 19.5. The summed E-state index contributed by atoms with van der Waals surface area (Å²) in [7, 11) is 2.05. The van der Waals surface area contributed by atoms with Gasteiger partial charge in [0.05, 0.1) is 12.6 Å². The Bertz CT molecular complexity index is 399. The van der Waals surface area contributed by atoms with E-state index in [9.17, 15) is 5.11 Å². The first-order valence-electron chi connectivity index (χ1n) is 7.17. The molecule has 1 aromatic heterocycles. The van der Waals surface area contributed by atoms with E-state index < -0.39 is 0 Å². The Labute approximate surface area is 115 Å². The highest BCUT2D eigenvalue weighted by molar-refractivity contribution is 5.50. The van der Waals surface area contributed by atoms with Crippen LogP contribution in [0.1, 0.15) is 32.6 Å². The minimum atomic E-state index is 0.199. The van der Waals surface area contributed by atoms with Crippen molar-refractivity contribution in [3.05, 3.63) is 12.4 Å². The van der Waals surface area contributed by atoms with Gasteiger partial charge in [-0.25, -0.2) is 9.97 Å². The number of aliphatic hydroxyl groups excluding tert-OH is 1. The van der Waals surface area contributed by atoms with E-state index in [0.29, 0.717) is 0 Å². The maximum atomic E-state index is 9.49. The third-order valence-corrected chi connectivity index (χ3v) is 3.72. The Hall–Kier alpha value is -1.36. The average molecular weight is 264 g/mol. The van der Waals surface area contributed by atoms with Gasteiger partial charge in [-0.05, 0) is 25.7 Å². The molecular weight excluding hydrogens is 240 g/mol. The number of nitrogens with zero attached hydrogens (tertiary/aromatic N) is 4. The quantitative estimate of drug-likeness (QED) is 0.877. The minimum Gasteiger partial charge on any atom is -0.394 e. The summed E-state index contributed by atoms with van der Waals surface area (Å²) in [6, 6.07) is 2.23. The number of rotatable bonds is 5. The second-order valence-electron chi connectivity index (χ2n) is 5.18. The van der Waals surface area contributed by atoms with E-state index in [1.807, 2.05) is 6.07 Å². The number of aliphatic hydroxyl groups is 1. The van der Waals surface area contributed by atoms with Crippen LogP contribution in [0.5, 0.6) is 0 Å². The molecule has 1 fully saturated rings. The zero-order valence-corrected chi connectivity index (χ0v) is 11.9. The molecule has 1 N–H and O–H groups in total. The Morgan fingerprint density at radius 1 is 1.42 bits per heavy atom. The molecular formula is C14H24N4O. The van der Waals surface area contributed by atoms with E-state index in [1.165, 1.54) is 12.8 Å². The van der Waals surface area contributed by atoms with Crippen molar-refractivity contribution in [3.63, 3.8) is 0 Å². The van der Waals surface area contributed by atoms with Gasteiger partial charge in [0.1, 0.15) is 18.0 Å². The van der Waals surface area contributed by atoms with Crippen molar-refractivity contribution in [1.82, 2.24) is 9.97 Å². The molecule has 2 rings (SSSR count). The lowest BCUT2D eigenvalue weighted by Crippen LogP contribution is -2.42. The van der Waals surface area contributed by atoms with Crippen molar-refractivity contribution in [3.8, 4) is 0 Å². The van der Waals surface area contributed by atoms with Crippen molar-refractivity contribution >= 4 is 11.6 Å². The lowest BCUT2D eigenvalue weighted by atomic mass is 10.0. The molecule has 0 aliphatic carbocycles. The molecule has 2 heterocycles. The molecule has 19 heavy (non-hydrogen) atoms. The van der Waals surface area contributed by atoms with Crippen molar-refractivity contribution < 1.29 is 5.11 Å². The molecule has 5 nitrogen and oxygen atoms in total. The van der Waals surface area contributed by atoms with Crippen LogP contribution in [0.3, 0.4) is 0 Å². The van der Waals surface area contributed by atoms with Gasteiger partial charge in [0.15, 0.2) is 0 Å². The summed E-state index contributed by atoms with van der Waals surface area (Å²) in [5.74, 6) is 1.89. The largest absolute Gasteiger partial charge is 0.394 e. The van der Waals surface area contributed by atoms with Crippen LogP contribution in [0.2, 0.25) is 0 Å². The molecule has 0 radical (unpaired) electrons. The van der Waals surface area contributed by atoms with Crippen LogP contribution in [0, 0.1) is 0 Å². The van der Waals surface area contributed by atoms with Crippen LogP contribution in [-0.2, 0) is 0 Å². The van der Waals surface area contributed by atoms with E-state index >= 15 is 0 Å². The fourth-order valence-corrected chi connectivity index (χ4v) is 2.64. The Morgan fingerprint density at radius 3 is 3.00 bits per heavy atom. The van der Waals surface area contributed by atoms with Crippen LogP contribution >= 0.6 is 0 Å². The number of hydrogen-bond acceptors (Lipinski definition) is 5.